The topological polar surface area (TPSA) is 88.2 Å². The van der Waals surface area contributed by atoms with Crippen molar-refractivity contribution in [1.29, 1.82) is 0 Å². The predicted molar refractivity (Wildman–Crippen MR) is 121 cm³/mol. The molecule has 0 spiro atoms. The number of nitrogens with one attached hydrogen (secondary N) is 1. The molecule has 8 nitrogen and oxygen atoms in total. The molecule has 0 radical (unpaired) electrons. The maximum absolute atomic E-state index is 12.7. The van der Waals surface area contributed by atoms with Crippen LogP contribution in [-0.4, -0.2) is 71.3 Å². The first-order valence-corrected chi connectivity index (χ1v) is 11.8. The fourth-order valence-corrected chi connectivity index (χ4v) is 4.98. The molecule has 1 fully saturated rings. The van der Waals surface area contributed by atoms with Crippen molar-refractivity contribution in [1.82, 2.24) is 9.62 Å². The average Bonchev–Trinajstić information content (AvgIpc) is 2.79. The Kier molecular flexibility index (Phi) is 7.64. The first-order valence-electron chi connectivity index (χ1n) is 9.83. The summed E-state index contributed by atoms with van der Waals surface area (Å²) in [7, 11) is -0.432. The summed E-state index contributed by atoms with van der Waals surface area (Å²) in [5.74, 6) is 0.515. The van der Waals surface area contributed by atoms with Crippen LogP contribution in [0.2, 0.25) is 5.02 Å². The maximum atomic E-state index is 12.7. The lowest BCUT2D eigenvalue weighted by Gasteiger charge is -2.36. The van der Waals surface area contributed by atoms with Crippen LogP contribution in [0.25, 0.3) is 0 Å². The van der Waals surface area contributed by atoms with E-state index in [1.165, 1.54) is 17.5 Å². The zero-order chi connectivity index (χ0) is 22.4. The van der Waals surface area contributed by atoms with E-state index in [1.807, 2.05) is 24.3 Å². The molecule has 31 heavy (non-hydrogen) atoms. The number of halogens is 1. The summed E-state index contributed by atoms with van der Waals surface area (Å²) in [6.45, 7) is 1.85. The lowest BCUT2D eigenvalue weighted by molar-refractivity contribution is 0.0953. The zero-order valence-electron chi connectivity index (χ0n) is 17.5. The van der Waals surface area contributed by atoms with Gasteiger partial charge in [-0.2, -0.15) is 4.31 Å². The SMILES string of the molecule is COc1ccc(Cl)cc1C(=O)NCCS(=O)(=O)N1CCN(c2ccccc2OC)CC1. The minimum absolute atomic E-state index is 0.0104. The van der Waals surface area contributed by atoms with Gasteiger partial charge in [0.25, 0.3) is 5.91 Å². The summed E-state index contributed by atoms with van der Waals surface area (Å²) >= 11 is 5.95. The number of ether oxygens (including phenoxy) is 2. The van der Waals surface area contributed by atoms with Gasteiger partial charge < -0.3 is 19.7 Å². The fraction of sp³-hybridized carbons (Fsp3) is 0.381. The largest absolute Gasteiger partial charge is 0.496 e. The van der Waals surface area contributed by atoms with Crippen LogP contribution >= 0.6 is 11.6 Å². The molecular weight excluding hydrogens is 442 g/mol. The van der Waals surface area contributed by atoms with Crippen molar-refractivity contribution < 1.29 is 22.7 Å². The Morgan fingerprint density at radius 2 is 1.71 bits per heavy atom. The van der Waals surface area contributed by atoms with Crippen molar-refractivity contribution in [2.45, 2.75) is 0 Å². The van der Waals surface area contributed by atoms with Gasteiger partial charge in [-0.05, 0) is 30.3 Å². The number of carbonyl (C=O) groups excluding carboxylic acids is 1. The molecule has 0 aromatic heterocycles. The molecule has 1 N–H and O–H groups in total. The van der Waals surface area contributed by atoms with Crippen LogP contribution in [0.4, 0.5) is 5.69 Å². The van der Waals surface area contributed by atoms with Crippen molar-refractivity contribution in [3.8, 4) is 11.5 Å². The Bertz CT molecular complexity index is 1020. The summed E-state index contributed by atoms with van der Waals surface area (Å²) < 4.78 is 37.5. The summed E-state index contributed by atoms with van der Waals surface area (Å²) in [6, 6.07) is 12.4. The van der Waals surface area contributed by atoms with E-state index < -0.39 is 15.9 Å². The Morgan fingerprint density at radius 1 is 1.03 bits per heavy atom. The maximum Gasteiger partial charge on any atom is 0.255 e. The summed E-state index contributed by atoms with van der Waals surface area (Å²) in [6.07, 6.45) is 0. The van der Waals surface area contributed by atoms with Gasteiger partial charge in [0.2, 0.25) is 10.0 Å². The molecule has 168 valence electrons. The van der Waals surface area contributed by atoms with Crippen molar-refractivity contribution in [3.63, 3.8) is 0 Å². The highest BCUT2D eigenvalue weighted by molar-refractivity contribution is 7.89. The van der Waals surface area contributed by atoms with Crippen LogP contribution in [0.15, 0.2) is 42.5 Å². The van der Waals surface area contributed by atoms with Crippen molar-refractivity contribution in [2.24, 2.45) is 0 Å². The molecule has 0 saturated carbocycles. The summed E-state index contributed by atoms with van der Waals surface area (Å²) in [5.41, 5.74) is 1.21. The molecule has 0 bridgehead atoms. The third-order valence-corrected chi connectivity index (χ3v) is 7.22. The first kappa shape index (κ1) is 23.2. The number of hydrogen-bond donors (Lipinski definition) is 1. The number of amides is 1. The fourth-order valence-electron chi connectivity index (χ4n) is 3.47. The van der Waals surface area contributed by atoms with Gasteiger partial charge in [-0.1, -0.05) is 23.7 Å². The molecule has 1 aliphatic heterocycles. The molecule has 0 aliphatic carbocycles. The number of hydrogen-bond acceptors (Lipinski definition) is 6. The third-order valence-electron chi connectivity index (χ3n) is 5.11. The number of benzene rings is 2. The van der Waals surface area contributed by atoms with Crippen molar-refractivity contribution in [3.05, 3.63) is 53.1 Å². The highest BCUT2D eigenvalue weighted by Crippen LogP contribution is 2.28. The van der Waals surface area contributed by atoms with E-state index in [1.54, 1.807) is 19.2 Å². The molecular formula is C21H26ClN3O5S. The number of rotatable bonds is 8. The number of carbonyl (C=O) groups is 1. The van der Waals surface area contributed by atoms with Crippen LogP contribution in [0, 0.1) is 0 Å². The second-order valence-electron chi connectivity index (χ2n) is 6.97. The highest BCUT2D eigenvalue weighted by Gasteiger charge is 2.28. The van der Waals surface area contributed by atoms with Crippen LogP contribution < -0.4 is 19.7 Å². The van der Waals surface area contributed by atoms with Gasteiger partial charge in [0.05, 0.1) is 31.2 Å². The van der Waals surface area contributed by atoms with E-state index in [0.29, 0.717) is 37.0 Å². The van der Waals surface area contributed by atoms with Crippen LogP contribution in [0.3, 0.4) is 0 Å². The van der Waals surface area contributed by atoms with E-state index in [4.69, 9.17) is 21.1 Å². The van der Waals surface area contributed by atoms with Crippen LogP contribution in [-0.2, 0) is 10.0 Å². The number of sulfonamides is 1. The average molecular weight is 468 g/mol. The monoisotopic (exact) mass is 467 g/mol. The molecule has 1 heterocycles. The predicted octanol–water partition coefficient (Wildman–Crippen LogP) is 2.24. The van der Waals surface area contributed by atoms with Gasteiger partial charge in [0.1, 0.15) is 11.5 Å². The zero-order valence-corrected chi connectivity index (χ0v) is 19.1. The summed E-state index contributed by atoms with van der Waals surface area (Å²) in [5, 5.41) is 3.03. The lowest BCUT2D eigenvalue weighted by Crippen LogP contribution is -2.50. The van der Waals surface area contributed by atoms with Crippen molar-refractivity contribution in [2.75, 3.05) is 57.6 Å². The Balaban J connectivity index is 1.54. The first-order chi connectivity index (χ1) is 14.9. The van der Waals surface area contributed by atoms with Gasteiger partial charge in [0, 0.05) is 37.7 Å². The van der Waals surface area contributed by atoms with E-state index in [0.717, 1.165) is 11.4 Å². The van der Waals surface area contributed by atoms with E-state index in [2.05, 4.69) is 10.2 Å². The second-order valence-corrected chi connectivity index (χ2v) is 9.50. The molecule has 1 saturated heterocycles. The minimum Gasteiger partial charge on any atom is -0.496 e. The van der Waals surface area contributed by atoms with Crippen LogP contribution in [0.5, 0.6) is 11.5 Å². The van der Waals surface area contributed by atoms with Crippen molar-refractivity contribution >= 4 is 33.2 Å². The molecule has 1 amide bonds. The second kappa shape index (κ2) is 10.2. The van der Waals surface area contributed by atoms with Gasteiger partial charge >= 0.3 is 0 Å². The van der Waals surface area contributed by atoms with Crippen LogP contribution in [0.1, 0.15) is 10.4 Å². The number of nitrogens with zero attached hydrogens (tertiary/aromatic N) is 2. The van der Waals surface area contributed by atoms with Gasteiger partial charge in [-0.25, -0.2) is 8.42 Å². The molecule has 0 atom stereocenters. The molecule has 2 aromatic carbocycles. The van der Waals surface area contributed by atoms with E-state index in [-0.39, 0.29) is 17.9 Å². The van der Waals surface area contributed by atoms with Gasteiger partial charge in [-0.3, -0.25) is 4.79 Å². The smallest absolute Gasteiger partial charge is 0.255 e. The number of methoxy groups -OCH3 is 2. The number of para-hydroxylation sites is 2. The van der Waals surface area contributed by atoms with Gasteiger partial charge in [0.15, 0.2) is 0 Å². The molecule has 1 aliphatic rings. The number of piperazine rings is 1. The minimum atomic E-state index is -3.50. The quantitative estimate of drug-likeness (QED) is 0.640. The Labute approximate surface area is 187 Å². The third kappa shape index (κ3) is 5.61. The molecule has 10 heteroatoms. The number of anilines is 1. The molecule has 3 rings (SSSR count). The molecule has 2 aromatic rings. The standard InChI is InChI=1S/C21H26ClN3O5S/c1-29-19-8-7-16(22)15-17(19)21(26)23-9-14-31(27,28)25-12-10-24(11-13-25)18-5-3-4-6-20(18)30-2/h3-8,15H,9-14H2,1-2H3,(H,23,26). The van der Waals surface area contributed by atoms with Gasteiger partial charge in [-0.15, -0.1) is 0 Å². The van der Waals surface area contributed by atoms with E-state index in [9.17, 15) is 13.2 Å². The Hall–Kier alpha value is -2.49. The lowest BCUT2D eigenvalue weighted by atomic mass is 10.2. The highest BCUT2D eigenvalue weighted by atomic mass is 35.5. The molecule has 0 unspecified atom stereocenters. The van der Waals surface area contributed by atoms with E-state index >= 15 is 0 Å². The summed E-state index contributed by atoms with van der Waals surface area (Å²) in [4.78, 5) is 14.5. The Morgan fingerprint density at radius 3 is 2.39 bits per heavy atom. The normalized spacial score (nSPS) is 14.9.